The molecule has 0 aromatic carbocycles. The zero-order chi connectivity index (χ0) is 16.6. The molecule has 0 saturated heterocycles. The summed E-state index contributed by atoms with van der Waals surface area (Å²) in [7, 11) is -4.98. The van der Waals surface area contributed by atoms with Gasteiger partial charge in [0, 0.05) is 12.1 Å². The van der Waals surface area contributed by atoms with Crippen molar-refractivity contribution in [2.24, 2.45) is 10.9 Å². The molecule has 0 fully saturated rings. The van der Waals surface area contributed by atoms with Gasteiger partial charge in [-0.2, -0.15) is 13.2 Å². The maximum atomic E-state index is 12.7. The Morgan fingerprint density at radius 3 is 2.05 bits per heavy atom. The van der Waals surface area contributed by atoms with Crippen molar-refractivity contribution in [3.8, 4) is 5.75 Å². The monoisotopic (exact) mass is 339 g/mol. The van der Waals surface area contributed by atoms with Crippen molar-refractivity contribution in [2.45, 2.75) is 24.0 Å². The molecule has 0 amide bonds. The maximum Gasteiger partial charge on any atom is 0.573 e. The van der Waals surface area contributed by atoms with E-state index in [1.807, 2.05) is 0 Å². The van der Waals surface area contributed by atoms with Crippen LogP contribution in [0.1, 0.15) is 11.3 Å². The summed E-state index contributed by atoms with van der Waals surface area (Å²) in [5, 5.41) is 4.64. The highest BCUT2D eigenvalue weighted by molar-refractivity contribution is 7.89. The van der Waals surface area contributed by atoms with E-state index in [-0.39, 0.29) is 6.20 Å². The van der Waals surface area contributed by atoms with E-state index in [0.29, 0.717) is 0 Å². The lowest BCUT2D eigenvalue weighted by Gasteiger charge is -2.17. The molecule has 0 aliphatic rings. The second-order valence-electron chi connectivity index (χ2n) is 3.57. The van der Waals surface area contributed by atoms with Gasteiger partial charge in [0.15, 0.2) is 11.4 Å². The smallest absolute Gasteiger partial charge is 0.403 e. The quantitative estimate of drug-likeness (QED) is 0.802. The Kier molecular flexibility index (Phi) is 4.41. The molecule has 0 aliphatic carbocycles. The number of hydrogen-bond acceptors (Lipinski definition) is 5. The van der Waals surface area contributed by atoms with Gasteiger partial charge >= 0.3 is 12.5 Å². The number of alkyl halides is 6. The number of ether oxygens (including phenoxy) is 1. The zero-order valence-electron chi connectivity index (χ0n) is 9.79. The number of pyridine rings is 1. The molecule has 0 saturated carbocycles. The van der Waals surface area contributed by atoms with Gasteiger partial charge in [-0.1, -0.05) is 0 Å². The van der Waals surface area contributed by atoms with Crippen LogP contribution in [-0.4, -0.2) is 19.8 Å². The zero-order valence-corrected chi connectivity index (χ0v) is 10.6. The Balaban J connectivity index is 3.72. The third kappa shape index (κ3) is 4.18. The number of halogens is 6. The minimum Gasteiger partial charge on any atom is -0.403 e. The van der Waals surface area contributed by atoms with Crippen LogP contribution in [0.3, 0.4) is 0 Å². The van der Waals surface area contributed by atoms with Crippen molar-refractivity contribution >= 4 is 10.0 Å². The van der Waals surface area contributed by atoms with Crippen LogP contribution in [0.2, 0.25) is 0 Å². The predicted molar refractivity (Wildman–Crippen MR) is 55.2 cm³/mol. The Hall–Kier alpha value is -1.60. The summed E-state index contributed by atoms with van der Waals surface area (Å²) in [4.78, 5) is 1.22. The number of aromatic nitrogens is 1. The topological polar surface area (TPSA) is 108 Å². The summed E-state index contributed by atoms with van der Waals surface area (Å²) in [6.07, 6.45) is -10.5. The fourth-order valence-corrected chi connectivity index (χ4v) is 2.36. The van der Waals surface area contributed by atoms with E-state index in [4.69, 9.17) is 5.73 Å². The molecular weight excluding hydrogens is 332 g/mol. The van der Waals surface area contributed by atoms with Gasteiger partial charge in [0.1, 0.15) is 4.90 Å². The molecule has 1 heterocycles. The molecule has 1 rings (SSSR count). The van der Waals surface area contributed by atoms with E-state index in [1.54, 1.807) is 0 Å². The fraction of sp³-hybridized carbons (Fsp3) is 0.375. The number of rotatable bonds is 3. The van der Waals surface area contributed by atoms with Gasteiger partial charge in [0.25, 0.3) is 0 Å². The maximum absolute atomic E-state index is 12.7. The van der Waals surface area contributed by atoms with E-state index in [9.17, 15) is 34.8 Å². The SMILES string of the molecule is NCc1c(C(F)(F)F)ncc(OC(F)(F)F)c1S(N)(=O)=O. The first kappa shape index (κ1) is 17.5. The lowest BCUT2D eigenvalue weighted by atomic mass is 10.2. The van der Waals surface area contributed by atoms with Gasteiger partial charge in [-0.3, -0.25) is 0 Å². The molecule has 0 atom stereocenters. The molecule has 0 spiro atoms. The summed E-state index contributed by atoms with van der Waals surface area (Å²) in [5.41, 5.74) is 2.00. The van der Waals surface area contributed by atoms with Crippen molar-refractivity contribution in [1.29, 1.82) is 0 Å². The third-order valence-electron chi connectivity index (χ3n) is 2.08. The van der Waals surface area contributed by atoms with Crippen LogP contribution in [0, 0.1) is 0 Å². The molecule has 120 valence electrons. The van der Waals surface area contributed by atoms with Crippen molar-refractivity contribution in [3.05, 3.63) is 17.5 Å². The van der Waals surface area contributed by atoms with Gasteiger partial charge in [0.2, 0.25) is 10.0 Å². The minimum absolute atomic E-state index is 0.0325. The highest BCUT2D eigenvalue weighted by Gasteiger charge is 2.41. The molecular formula is C8H7F6N3O3S. The first-order valence-corrected chi connectivity index (χ1v) is 6.39. The summed E-state index contributed by atoms with van der Waals surface area (Å²) in [6, 6.07) is 0. The lowest BCUT2D eigenvalue weighted by molar-refractivity contribution is -0.275. The molecule has 0 aliphatic heterocycles. The Morgan fingerprint density at radius 1 is 1.19 bits per heavy atom. The van der Waals surface area contributed by atoms with Crippen molar-refractivity contribution in [2.75, 3.05) is 0 Å². The second-order valence-corrected chi connectivity index (χ2v) is 5.07. The second kappa shape index (κ2) is 5.31. The molecule has 0 bridgehead atoms. The van der Waals surface area contributed by atoms with Gasteiger partial charge < -0.3 is 10.5 Å². The van der Waals surface area contributed by atoms with Crippen molar-refractivity contribution in [1.82, 2.24) is 4.98 Å². The minimum atomic E-state index is -5.35. The predicted octanol–water partition coefficient (Wildman–Crippen LogP) is 1.11. The fourth-order valence-electron chi connectivity index (χ4n) is 1.46. The van der Waals surface area contributed by atoms with Crippen molar-refractivity contribution < 1.29 is 39.5 Å². The molecule has 1 aromatic heterocycles. The van der Waals surface area contributed by atoms with Gasteiger partial charge in [-0.25, -0.2) is 18.5 Å². The van der Waals surface area contributed by atoms with E-state index in [2.05, 4.69) is 14.9 Å². The van der Waals surface area contributed by atoms with E-state index in [0.717, 1.165) is 0 Å². The van der Waals surface area contributed by atoms with E-state index in [1.165, 1.54) is 0 Å². The Bertz CT molecular complexity index is 640. The summed E-state index contributed by atoms with van der Waals surface area (Å²) in [6.45, 7) is -1.07. The molecule has 1 aromatic rings. The number of sulfonamides is 1. The molecule has 21 heavy (non-hydrogen) atoms. The summed E-state index contributed by atoms with van der Waals surface area (Å²) >= 11 is 0. The normalized spacial score (nSPS) is 13.3. The summed E-state index contributed by atoms with van der Waals surface area (Å²) < 4.78 is 100. The van der Waals surface area contributed by atoms with E-state index < -0.39 is 51.0 Å². The molecule has 6 nitrogen and oxygen atoms in total. The van der Waals surface area contributed by atoms with Gasteiger partial charge in [0.05, 0.1) is 6.20 Å². The van der Waals surface area contributed by atoms with Gasteiger partial charge in [-0.15, -0.1) is 13.2 Å². The number of nitrogens with zero attached hydrogens (tertiary/aromatic N) is 1. The van der Waals surface area contributed by atoms with Crippen LogP contribution in [0.25, 0.3) is 0 Å². The van der Waals surface area contributed by atoms with Crippen LogP contribution in [0.5, 0.6) is 5.75 Å². The average molecular weight is 339 g/mol. The van der Waals surface area contributed by atoms with Crippen molar-refractivity contribution in [3.63, 3.8) is 0 Å². The van der Waals surface area contributed by atoms with Crippen LogP contribution in [0.4, 0.5) is 26.3 Å². The highest BCUT2D eigenvalue weighted by atomic mass is 32.2. The summed E-state index contributed by atoms with van der Waals surface area (Å²) in [5.74, 6) is -1.49. The number of hydrogen-bond donors (Lipinski definition) is 2. The van der Waals surface area contributed by atoms with Gasteiger partial charge in [-0.05, 0) is 0 Å². The molecule has 0 radical (unpaired) electrons. The van der Waals surface area contributed by atoms with Crippen LogP contribution < -0.4 is 15.6 Å². The first-order chi connectivity index (χ1) is 9.27. The largest absolute Gasteiger partial charge is 0.573 e. The van der Waals surface area contributed by atoms with E-state index >= 15 is 0 Å². The Morgan fingerprint density at radius 2 is 1.71 bits per heavy atom. The average Bonchev–Trinajstić information content (AvgIpc) is 2.22. The molecule has 0 unspecified atom stereocenters. The Labute approximate surface area is 113 Å². The number of primary sulfonamides is 1. The number of nitrogens with two attached hydrogens (primary N) is 2. The first-order valence-electron chi connectivity index (χ1n) is 4.85. The standard InChI is InChI=1S/C8H7F6N3O3S/c9-7(10,11)6-3(1-15)5(21(16,18)19)4(2-17-6)20-8(12,13)14/h2H,1,15H2,(H2,16,18,19). The highest BCUT2D eigenvalue weighted by Crippen LogP contribution is 2.37. The lowest BCUT2D eigenvalue weighted by Crippen LogP contribution is -2.25. The van der Waals surface area contributed by atoms with Crippen LogP contribution in [0.15, 0.2) is 11.1 Å². The third-order valence-corrected chi connectivity index (χ3v) is 3.09. The van der Waals surface area contributed by atoms with Crippen LogP contribution in [-0.2, 0) is 22.7 Å². The molecule has 13 heteroatoms. The van der Waals surface area contributed by atoms with Crippen LogP contribution >= 0.6 is 0 Å². The molecule has 4 N–H and O–H groups in total.